The summed E-state index contributed by atoms with van der Waals surface area (Å²) in [4.78, 5) is 28.4. The monoisotopic (exact) mass is 310 g/mol. The van der Waals surface area contributed by atoms with Crippen molar-refractivity contribution in [1.29, 1.82) is 0 Å². The number of carbonyl (C=O) groups excluding carboxylic acids is 2. The summed E-state index contributed by atoms with van der Waals surface area (Å²) in [5, 5.41) is 3.09. The normalized spacial score (nSPS) is 14.1. The van der Waals surface area contributed by atoms with Crippen molar-refractivity contribution in [3.8, 4) is 0 Å². The van der Waals surface area contributed by atoms with Crippen molar-refractivity contribution >= 4 is 23.0 Å². The molecule has 0 saturated heterocycles. The van der Waals surface area contributed by atoms with E-state index >= 15 is 0 Å². The molecule has 0 fully saturated rings. The van der Waals surface area contributed by atoms with Crippen LogP contribution in [-0.2, 0) is 9.53 Å². The molecule has 0 aliphatic heterocycles. The second-order valence-electron chi connectivity index (χ2n) is 5.87. The highest BCUT2D eigenvalue weighted by Gasteiger charge is 2.35. The Labute approximate surface area is 129 Å². The van der Waals surface area contributed by atoms with Gasteiger partial charge in [0.1, 0.15) is 16.2 Å². The van der Waals surface area contributed by atoms with Crippen molar-refractivity contribution in [2.75, 3.05) is 0 Å². The molecule has 1 rings (SSSR count). The Kier molecular flexibility index (Phi) is 5.78. The number of thioether (sulfide) groups is 1. The smallest absolute Gasteiger partial charge is 0.408 e. The summed E-state index contributed by atoms with van der Waals surface area (Å²) < 4.78 is 5.21. The number of hydrogen-bond donors (Lipinski definition) is 1. The topological polar surface area (TPSA) is 68.3 Å². The highest BCUT2D eigenvalue weighted by Crippen LogP contribution is 2.25. The van der Waals surface area contributed by atoms with E-state index in [1.54, 1.807) is 46.0 Å². The van der Waals surface area contributed by atoms with Crippen LogP contribution in [-0.4, -0.2) is 27.3 Å². The van der Waals surface area contributed by atoms with Crippen molar-refractivity contribution in [1.82, 2.24) is 10.3 Å². The van der Waals surface area contributed by atoms with Crippen LogP contribution in [0.25, 0.3) is 0 Å². The van der Waals surface area contributed by atoms with Crippen LogP contribution in [0.1, 0.15) is 41.0 Å². The van der Waals surface area contributed by atoms with E-state index in [1.165, 1.54) is 0 Å². The Morgan fingerprint density at radius 2 is 1.95 bits per heavy atom. The lowest BCUT2D eigenvalue weighted by Gasteiger charge is -2.29. The first-order chi connectivity index (χ1) is 9.66. The third-order valence-electron chi connectivity index (χ3n) is 2.77. The summed E-state index contributed by atoms with van der Waals surface area (Å²) in [5.74, 6) is 0. The van der Waals surface area contributed by atoms with E-state index in [4.69, 9.17) is 4.74 Å². The molecular formula is C15H22N2O3S. The number of nitrogens with one attached hydrogen (secondary N) is 1. The van der Waals surface area contributed by atoms with Gasteiger partial charge in [0.05, 0.1) is 0 Å². The van der Waals surface area contributed by atoms with Gasteiger partial charge < -0.3 is 10.1 Å². The van der Waals surface area contributed by atoms with Gasteiger partial charge in [0, 0.05) is 6.20 Å². The highest BCUT2D eigenvalue weighted by molar-refractivity contribution is 8.13. The number of hydrogen-bond acceptors (Lipinski definition) is 5. The van der Waals surface area contributed by atoms with Gasteiger partial charge in [-0.15, -0.1) is 0 Å². The van der Waals surface area contributed by atoms with Crippen molar-refractivity contribution in [3.63, 3.8) is 0 Å². The average molecular weight is 310 g/mol. The molecule has 1 aromatic heterocycles. The van der Waals surface area contributed by atoms with Crippen LogP contribution in [0.4, 0.5) is 4.79 Å². The first-order valence-corrected chi connectivity index (χ1v) is 7.62. The number of amides is 1. The lowest BCUT2D eigenvalue weighted by molar-refractivity contribution is -0.116. The van der Waals surface area contributed by atoms with Gasteiger partial charge in [-0.1, -0.05) is 13.0 Å². The molecule has 0 aromatic carbocycles. The zero-order chi connectivity index (χ0) is 16.1. The Hall–Kier alpha value is -1.56. The van der Waals surface area contributed by atoms with Gasteiger partial charge in [-0.3, -0.25) is 4.79 Å². The van der Waals surface area contributed by atoms with Crippen LogP contribution in [0.2, 0.25) is 0 Å². The Morgan fingerprint density at radius 1 is 1.29 bits per heavy atom. The standard InChI is InChI=1S/C15H22N2O3S/c1-6-15(5,17-13(19)20-14(2,3)4)12(18)21-11-9-7-8-10-16-11/h7-10H,6H2,1-5H3,(H,17,19)/t15-/m1/s1. The molecule has 0 unspecified atom stereocenters. The van der Waals surface area contributed by atoms with Crippen molar-refractivity contribution < 1.29 is 14.3 Å². The summed E-state index contributed by atoms with van der Waals surface area (Å²) in [6, 6.07) is 5.35. The van der Waals surface area contributed by atoms with Crippen molar-refractivity contribution in [2.24, 2.45) is 0 Å². The molecule has 0 radical (unpaired) electrons. The average Bonchev–Trinajstić information content (AvgIpc) is 2.37. The highest BCUT2D eigenvalue weighted by atomic mass is 32.2. The summed E-state index contributed by atoms with van der Waals surface area (Å²) >= 11 is 1.01. The molecule has 1 N–H and O–H groups in total. The molecule has 5 nitrogen and oxygen atoms in total. The molecule has 0 aliphatic rings. The first-order valence-electron chi connectivity index (χ1n) is 6.81. The third kappa shape index (κ3) is 5.75. The maximum Gasteiger partial charge on any atom is 0.408 e. The first kappa shape index (κ1) is 17.5. The van der Waals surface area contributed by atoms with E-state index in [2.05, 4.69) is 10.3 Å². The minimum atomic E-state index is -0.996. The van der Waals surface area contributed by atoms with Crippen molar-refractivity contribution in [2.45, 2.75) is 57.2 Å². The molecule has 0 bridgehead atoms. The quantitative estimate of drug-likeness (QED) is 0.863. The molecular weight excluding hydrogens is 288 g/mol. The second-order valence-corrected chi connectivity index (χ2v) is 6.86. The molecule has 1 atom stereocenters. The van der Waals surface area contributed by atoms with E-state index in [1.807, 2.05) is 13.0 Å². The van der Waals surface area contributed by atoms with Gasteiger partial charge in [0.2, 0.25) is 5.12 Å². The van der Waals surface area contributed by atoms with Crippen LogP contribution in [0, 0.1) is 0 Å². The van der Waals surface area contributed by atoms with E-state index in [-0.39, 0.29) is 5.12 Å². The fraction of sp³-hybridized carbons (Fsp3) is 0.533. The van der Waals surface area contributed by atoms with Gasteiger partial charge in [-0.25, -0.2) is 9.78 Å². The maximum atomic E-state index is 12.4. The van der Waals surface area contributed by atoms with Crippen LogP contribution < -0.4 is 5.32 Å². The van der Waals surface area contributed by atoms with E-state index < -0.39 is 17.2 Å². The third-order valence-corrected chi connectivity index (χ3v) is 3.86. The van der Waals surface area contributed by atoms with Crippen LogP contribution in [0.3, 0.4) is 0 Å². The molecule has 0 saturated carbocycles. The minimum Gasteiger partial charge on any atom is -0.444 e. The van der Waals surface area contributed by atoms with Crippen LogP contribution >= 0.6 is 11.8 Å². The number of nitrogens with zero attached hydrogens (tertiary/aromatic N) is 1. The zero-order valence-corrected chi connectivity index (χ0v) is 13.9. The largest absolute Gasteiger partial charge is 0.444 e. The fourth-order valence-corrected chi connectivity index (χ4v) is 2.30. The SMILES string of the molecule is CC[C@@](C)(NC(=O)OC(C)(C)C)C(=O)Sc1ccccn1. The molecule has 1 heterocycles. The summed E-state index contributed by atoms with van der Waals surface area (Å²) in [6.07, 6.45) is 1.49. The van der Waals surface area contributed by atoms with Gasteiger partial charge in [0.25, 0.3) is 0 Å². The minimum absolute atomic E-state index is 0.172. The Morgan fingerprint density at radius 3 is 2.43 bits per heavy atom. The fourth-order valence-electron chi connectivity index (χ4n) is 1.43. The van der Waals surface area contributed by atoms with Gasteiger partial charge >= 0.3 is 6.09 Å². The molecule has 1 amide bonds. The zero-order valence-electron chi connectivity index (χ0n) is 13.1. The molecule has 6 heteroatoms. The Bertz CT molecular complexity index is 499. The van der Waals surface area contributed by atoms with Gasteiger partial charge in [-0.05, 0) is 58.0 Å². The lowest BCUT2D eigenvalue weighted by atomic mass is 10.0. The number of ether oxygens (including phenoxy) is 1. The molecule has 0 aliphatic carbocycles. The van der Waals surface area contributed by atoms with Gasteiger partial charge in [0.15, 0.2) is 0 Å². The number of carbonyl (C=O) groups is 2. The lowest BCUT2D eigenvalue weighted by Crippen LogP contribution is -2.52. The number of rotatable bonds is 4. The van der Waals surface area contributed by atoms with E-state index in [0.29, 0.717) is 11.4 Å². The number of pyridine rings is 1. The number of alkyl carbamates (subject to hydrolysis) is 1. The number of aromatic nitrogens is 1. The van der Waals surface area contributed by atoms with E-state index in [9.17, 15) is 9.59 Å². The van der Waals surface area contributed by atoms with Crippen molar-refractivity contribution in [3.05, 3.63) is 24.4 Å². The molecule has 116 valence electrons. The summed E-state index contributed by atoms with van der Waals surface area (Å²) in [6.45, 7) is 8.87. The van der Waals surface area contributed by atoms with Crippen LogP contribution in [0.15, 0.2) is 29.4 Å². The summed E-state index contributed by atoms with van der Waals surface area (Å²) in [5.41, 5.74) is -1.60. The predicted molar refractivity (Wildman–Crippen MR) is 83.2 cm³/mol. The van der Waals surface area contributed by atoms with E-state index in [0.717, 1.165) is 11.8 Å². The molecule has 0 spiro atoms. The summed E-state index contributed by atoms with van der Waals surface area (Å²) in [7, 11) is 0. The van der Waals surface area contributed by atoms with Gasteiger partial charge in [-0.2, -0.15) is 0 Å². The maximum absolute atomic E-state index is 12.4. The molecule has 21 heavy (non-hydrogen) atoms. The second kappa shape index (κ2) is 6.93. The molecule has 1 aromatic rings. The predicted octanol–water partition coefficient (Wildman–Crippen LogP) is 3.39. The Balaban J connectivity index is 2.74. The van der Waals surface area contributed by atoms with Crippen LogP contribution in [0.5, 0.6) is 0 Å².